The predicted octanol–water partition coefficient (Wildman–Crippen LogP) is 3.79. The number of ether oxygens (including phenoxy) is 1. The Morgan fingerprint density at radius 3 is 2.72 bits per heavy atom. The Morgan fingerprint density at radius 1 is 1.34 bits per heavy atom. The van der Waals surface area contributed by atoms with Crippen molar-refractivity contribution in [3.05, 3.63) is 23.1 Å². The number of aromatic nitrogens is 4. The van der Waals surface area contributed by atoms with Crippen LogP contribution in [0.1, 0.15) is 45.2 Å². The molecule has 3 rings (SSSR count). The van der Waals surface area contributed by atoms with Crippen LogP contribution in [0.2, 0.25) is 5.02 Å². The van der Waals surface area contributed by atoms with E-state index >= 15 is 0 Å². The van der Waals surface area contributed by atoms with Crippen LogP contribution in [-0.4, -0.2) is 39.4 Å². The molecule has 29 heavy (non-hydrogen) atoms. The lowest BCUT2D eigenvalue weighted by Gasteiger charge is -2.28. The van der Waals surface area contributed by atoms with Gasteiger partial charge in [-0.15, -0.1) is 0 Å². The van der Waals surface area contributed by atoms with Crippen LogP contribution in [0.15, 0.2) is 12.4 Å². The van der Waals surface area contributed by atoms with E-state index in [-0.39, 0.29) is 0 Å². The first kappa shape index (κ1) is 21.3. The first-order valence-corrected chi connectivity index (χ1v) is 10.3. The second kappa shape index (κ2) is 8.97. The van der Waals surface area contributed by atoms with E-state index in [4.69, 9.17) is 16.3 Å². The van der Waals surface area contributed by atoms with Crippen LogP contribution < -0.4 is 15.4 Å². The molecule has 0 unspecified atom stereocenters. The van der Waals surface area contributed by atoms with E-state index in [2.05, 4.69) is 31.8 Å². The lowest BCUT2D eigenvalue weighted by Crippen LogP contribution is -2.31. The van der Waals surface area contributed by atoms with Gasteiger partial charge in [-0.1, -0.05) is 11.6 Å². The summed E-state index contributed by atoms with van der Waals surface area (Å²) in [6.45, 7) is 6.07. The number of halogens is 1. The molecule has 2 heterocycles. The number of nitrogens with zero attached hydrogens (tertiary/aromatic N) is 5. The van der Waals surface area contributed by atoms with Gasteiger partial charge in [0.05, 0.1) is 36.5 Å². The normalized spacial score (nSPS) is 19.6. The predicted molar refractivity (Wildman–Crippen MR) is 113 cm³/mol. The number of anilines is 2. The van der Waals surface area contributed by atoms with Gasteiger partial charge in [0.25, 0.3) is 0 Å². The van der Waals surface area contributed by atoms with Gasteiger partial charge in [-0.3, -0.25) is 4.68 Å². The van der Waals surface area contributed by atoms with Gasteiger partial charge in [-0.2, -0.15) is 15.3 Å². The molecule has 1 fully saturated rings. The van der Waals surface area contributed by atoms with E-state index < -0.39 is 5.54 Å². The zero-order chi connectivity index (χ0) is 21.0. The highest BCUT2D eigenvalue weighted by molar-refractivity contribution is 6.31. The highest BCUT2D eigenvalue weighted by Gasteiger charge is 2.23. The summed E-state index contributed by atoms with van der Waals surface area (Å²) in [6.07, 6.45) is 7.90. The van der Waals surface area contributed by atoms with Gasteiger partial charge >= 0.3 is 0 Å². The average molecular weight is 418 g/mol. The Hall–Kier alpha value is -2.37. The van der Waals surface area contributed by atoms with E-state index in [9.17, 15) is 5.26 Å². The first-order valence-electron chi connectivity index (χ1n) is 9.90. The summed E-state index contributed by atoms with van der Waals surface area (Å²) in [5, 5.41) is 20.6. The van der Waals surface area contributed by atoms with Crippen molar-refractivity contribution in [2.24, 2.45) is 5.92 Å². The minimum Gasteiger partial charge on any atom is -0.476 e. The van der Waals surface area contributed by atoms with E-state index in [1.54, 1.807) is 24.7 Å². The molecule has 9 heteroatoms. The molecule has 8 nitrogen and oxygen atoms in total. The van der Waals surface area contributed by atoms with Crippen molar-refractivity contribution >= 4 is 23.2 Å². The van der Waals surface area contributed by atoms with Crippen molar-refractivity contribution in [2.45, 2.75) is 58.0 Å². The summed E-state index contributed by atoms with van der Waals surface area (Å²) >= 11 is 6.24. The maximum absolute atomic E-state index is 9.31. The van der Waals surface area contributed by atoms with Gasteiger partial charge < -0.3 is 15.4 Å². The second-order valence-corrected chi connectivity index (χ2v) is 8.44. The Kier molecular flexibility index (Phi) is 6.60. The molecule has 1 saturated carbocycles. The lowest BCUT2D eigenvalue weighted by molar-refractivity contribution is 0.189. The molecule has 0 atom stereocenters. The summed E-state index contributed by atoms with van der Waals surface area (Å²) in [4.78, 5) is 8.66. The molecule has 1 aliphatic rings. The standard InChI is InChI=1S/C20H28ClN7O/c1-13-17(10-28(27-13)20(2,3)12-22)25-19-24-9-16(21)18(26-19)29-11-14-5-7-15(23-4)8-6-14/h9-10,14-15,23H,5-8,11H2,1-4H3,(H,24,25,26). The maximum Gasteiger partial charge on any atom is 0.237 e. The van der Waals surface area contributed by atoms with Crippen molar-refractivity contribution in [1.82, 2.24) is 25.1 Å². The molecular weight excluding hydrogens is 390 g/mol. The molecular formula is C20H28ClN7O. The highest BCUT2D eigenvalue weighted by Crippen LogP contribution is 2.28. The summed E-state index contributed by atoms with van der Waals surface area (Å²) in [5.41, 5.74) is 0.731. The van der Waals surface area contributed by atoms with E-state index in [1.165, 1.54) is 6.20 Å². The molecule has 0 radical (unpaired) electrons. The molecule has 156 valence electrons. The molecule has 2 N–H and O–H groups in total. The number of rotatable bonds is 7. The van der Waals surface area contributed by atoms with Gasteiger partial charge in [-0.05, 0) is 59.4 Å². The van der Waals surface area contributed by atoms with Crippen LogP contribution in [0.25, 0.3) is 0 Å². The second-order valence-electron chi connectivity index (χ2n) is 8.03. The van der Waals surface area contributed by atoms with Crippen LogP contribution in [0, 0.1) is 24.2 Å². The SMILES string of the molecule is CNC1CCC(COc2nc(Nc3cn(C(C)(C)C#N)nc3C)ncc2Cl)CC1. The fraction of sp³-hybridized carbons (Fsp3) is 0.600. The fourth-order valence-electron chi connectivity index (χ4n) is 3.37. The van der Waals surface area contributed by atoms with Gasteiger partial charge in [0.1, 0.15) is 10.6 Å². The number of aryl methyl sites for hydroxylation is 1. The number of hydrogen-bond donors (Lipinski definition) is 2. The Labute approximate surface area is 176 Å². The molecule has 2 aromatic rings. The van der Waals surface area contributed by atoms with Gasteiger partial charge in [-0.25, -0.2) is 4.98 Å². The monoisotopic (exact) mass is 417 g/mol. The minimum absolute atomic E-state index is 0.376. The zero-order valence-electron chi connectivity index (χ0n) is 17.4. The van der Waals surface area contributed by atoms with Crippen LogP contribution in [-0.2, 0) is 5.54 Å². The Bertz CT molecular complexity index is 881. The molecule has 0 amide bonds. The van der Waals surface area contributed by atoms with Crippen molar-refractivity contribution < 1.29 is 4.74 Å². The largest absolute Gasteiger partial charge is 0.476 e. The van der Waals surface area contributed by atoms with Crippen molar-refractivity contribution in [3.63, 3.8) is 0 Å². The number of nitriles is 1. The number of nitrogens with one attached hydrogen (secondary N) is 2. The Morgan fingerprint density at radius 2 is 2.07 bits per heavy atom. The summed E-state index contributed by atoms with van der Waals surface area (Å²) in [6, 6.07) is 2.84. The molecule has 0 spiro atoms. The van der Waals surface area contributed by atoms with E-state index in [0.29, 0.717) is 35.4 Å². The van der Waals surface area contributed by atoms with Gasteiger partial charge in [0, 0.05) is 6.04 Å². The van der Waals surface area contributed by atoms with Crippen LogP contribution >= 0.6 is 11.6 Å². The van der Waals surface area contributed by atoms with Crippen LogP contribution in [0.4, 0.5) is 11.6 Å². The smallest absolute Gasteiger partial charge is 0.237 e. The molecule has 0 aliphatic heterocycles. The maximum atomic E-state index is 9.31. The topological polar surface area (TPSA) is 101 Å². The zero-order valence-corrected chi connectivity index (χ0v) is 18.1. The van der Waals surface area contributed by atoms with Crippen molar-refractivity contribution in [1.29, 1.82) is 5.26 Å². The molecule has 0 bridgehead atoms. The van der Waals surface area contributed by atoms with Crippen molar-refractivity contribution in [2.75, 3.05) is 19.0 Å². The Balaban J connectivity index is 1.66. The molecule has 0 saturated heterocycles. The molecule has 1 aliphatic carbocycles. The summed E-state index contributed by atoms with van der Waals surface area (Å²) < 4.78 is 7.55. The number of hydrogen-bond acceptors (Lipinski definition) is 7. The third-order valence-electron chi connectivity index (χ3n) is 5.41. The summed E-state index contributed by atoms with van der Waals surface area (Å²) in [5.74, 6) is 1.26. The molecule has 2 aromatic heterocycles. The highest BCUT2D eigenvalue weighted by atomic mass is 35.5. The lowest BCUT2D eigenvalue weighted by atomic mass is 9.87. The van der Waals surface area contributed by atoms with Crippen molar-refractivity contribution in [3.8, 4) is 11.9 Å². The fourth-order valence-corrected chi connectivity index (χ4v) is 3.51. The first-order chi connectivity index (χ1) is 13.8. The average Bonchev–Trinajstić information content (AvgIpc) is 3.10. The van der Waals surface area contributed by atoms with Gasteiger partial charge in [0.15, 0.2) is 0 Å². The summed E-state index contributed by atoms with van der Waals surface area (Å²) in [7, 11) is 2.02. The molecule has 0 aromatic carbocycles. The van der Waals surface area contributed by atoms with E-state index in [0.717, 1.165) is 37.1 Å². The third-order valence-corrected chi connectivity index (χ3v) is 5.67. The van der Waals surface area contributed by atoms with Crippen LogP contribution in [0.3, 0.4) is 0 Å². The van der Waals surface area contributed by atoms with E-state index in [1.807, 2.05) is 14.0 Å². The third kappa shape index (κ3) is 5.17. The van der Waals surface area contributed by atoms with Crippen LogP contribution in [0.5, 0.6) is 5.88 Å². The minimum atomic E-state index is -0.744. The van der Waals surface area contributed by atoms with Gasteiger partial charge in [0.2, 0.25) is 11.8 Å². The quantitative estimate of drug-likeness (QED) is 0.706.